The lowest BCUT2D eigenvalue weighted by Gasteiger charge is -2.16. The molecule has 4 nitrogen and oxygen atoms in total. The molecular weight excluding hydrogens is 456 g/mol. The molecule has 0 radical (unpaired) electrons. The van der Waals surface area contributed by atoms with Gasteiger partial charge in [0.25, 0.3) is 0 Å². The van der Waals surface area contributed by atoms with Gasteiger partial charge in [-0.1, -0.05) is 84.9 Å². The Labute approximate surface area is 214 Å². The monoisotopic (exact) mass is 480 g/mol. The first kappa shape index (κ1) is 22.6. The van der Waals surface area contributed by atoms with Crippen LogP contribution in [0.3, 0.4) is 0 Å². The summed E-state index contributed by atoms with van der Waals surface area (Å²) in [6, 6.07) is 32.0. The van der Waals surface area contributed by atoms with Gasteiger partial charge in [0.05, 0.1) is 11.2 Å². The smallest absolute Gasteiger partial charge is 0.159 e. The topological polar surface area (TPSA) is 62.8 Å². The summed E-state index contributed by atoms with van der Waals surface area (Å²) in [6.45, 7) is 3.15. The van der Waals surface area contributed by atoms with E-state index in [0.717, 1.165) is 55.3 Å². The number of nitrogens with zero attached hydrogens (tertiary/aromatic N) is 1. The van der Waals surface area contributed by atoms with Crippen LogP contribution < -0.4 is 0 Å². The maximum atomic E-state index is 11.9. The van der Waals surface area contributed by atoms with Gasteiger partial charge in [-0.2, -0.15) is 0 Å². The number of carbonyl (C=O) groups excluding carboxylic acids is 2. The number of benzene rings is 4. The number of H-pyrrole nitrogens is 1. The van der Waals surface area contributed by atoms with E-state index in [9.17, 15) is 9.59 Å². The predicted octanol–water partition coefficient (Wildman–Crippen LogP) is 8.12. The zero-order valence-electron chi connectivity index (χ0n) is 20.6. The number of pyridine rings is 1. The van der Waals surface area contributed by atoms with E-state index < -0.39 is 0 Å². The van der Waals surface area contributed by atoms with Gasteiger partial charge in [-0.25, -0.2) is 0 Å². The first-order valence-electron chi connectivity index (χ1n) is 12.2. The molecule has 0 aliphatic rings. The highest BCUT2D eigenvalue weighted by molar-refractivity contribution is 6.13. The number of rotatable bonds is 5. The zero-order valence-corrected chi connectivity index (χ0v) is 20.6. The summed E-state index contributed by atoms with van der Waals surface area (Å²) in [5, 5.41) is 2.26. The van der Waals surface area contributed by atoms with Crippen LogP contribution in [0.1, 0.15) is 34.6 Å². The van der Waals surface area contributed by atoms with Crippen LogP contribution in [0, 0.1) is 0 Å². The Morgan fingerprint density at radius 2 is 1.19 bits per heavy atom. The van der Waals surface area contributed by atoms with Crippen molar-refractivity contribution >= 4 is 33.4 Å². The molecule has 4 aromatic carbocycles. The Kier molecular flexibility index (Phi) is 5.50. The summed E-state index contributed by atoms with van der Waals surface area (Å²) in [5.41, 5.74) is 9.25. The van der Waals surface area contributed by atoms with Crippen LogP contribution >= 0.6 is 0 Å². The van der Waals surface area contributed by atoms with Crippen molar-refractivity contribution in [2.45, 2.75) is 13.8 Å². The molecule has 0 atom stereocenters. The summed E-state index contributed by atoms with van der Waals surface area (Å²) in [7, 11) is 0. The molecule has 0 bridgehead atoms. The van der Waals surface area contributed by atoms with Crippen molar-refractivity contribution in [1.82, 2.24) is 9.97 Å². The predicted molar refractivity (Wildman–Crippen MR) is 150 cm³/mol. The minimum absolute atomic E-state index is 0.0376. The standard InChI is InChI=1S/C33H24N2O2/c1-20(36)22-10-14-24(15-11-22)26-7-5-8-27(25-16-12-23(13-17-25)21(2)37)31(26)33-32-29(18-19-34-33)28-6-3-4-9-30(28)35-32/h3-19,35H,1-2H3. The van der Waals surface area contributed by atoms with Gasteiger partial charge in [0.1, 0.15) is 0 Å². The van der Waals surface area contributed by atoms with E-state index in [2.05, 4.69) is 29.2 Å². The zero-order chi connectivity index (χ0) is 25.5. The molecule has 0 saturated heterocycles. The third kappa shape index (κ3) is 3.93. The van der Waals surface area contributed by atoms with E-state index in [-0.39, 0.29) is 11.6 Å². The molecule has 0 saturated carbocycles. The van der Waals surface area contributed by atoms with E-state index in [4.69, 9.17) is 4.98 Å². The lowest BCUT2D eigenvalue weighted by Crippen LogP contribution is -1.96. The van der Waals surface area contributed by atoms with Crippen molar-refractivity contribution in [3.8, 4) is 33.5 Å². The van der Waals surface area contributed by atoms with E-state index >= 15 is 0 Å². The molecule has 0 aliphatic heterocycles. The third-order valence-electron chi connectivity index (χ3n) is 6.93. The second-order valence-electron chi connectivity index (χ2n) is 9.25. The van der Waals surface area contributed by atoms with Crippen molar-refractivity contribution in [2.75, 3.05) is 0 Å². The SMILES string of the molecule is CC(=O)c1ccc(-c2cccc(-c3ccc(C(C)=O)cc3)c2-c2nccc3c2[nH]c2ccccc23)cc1. The molecule has 0 spiro atoms. The minimum atomic E-state index is 0.0376. The molecule has 1 N–H and O–H groups in total. The highest BCUT2D eigenvalue weighted by Gasteiger charge is 2.19. The van der Waals surface area contributed by atoms with E-state index in [0.29, 0.717) is 11.1 Å². The van der Waals surface area contributed by atoms with Gasteiger partial charge in [0.2, 0.25) is 0 Å². The fourth-order valence-corrected chi connectivity index (χ4v) is 5.02. The average molecular weight is 481 g/mol. The number of fused-ring (bicyclic) bond motifs is 3. The molecule has 6 aromatic rings. The number of para-hydroxylation sites is 1. The number of hydrogen-bond acceptors (Lipinski definition) is 3. The molecule has 0 aliphatic carbocycles. The Bertz CT molecular complexity index is 1730. The molecule has 0 amide bonds. The maximum Gasteiger partial charge on any atom is 0.159 e. The van der Waals surface area contributed by atoms with Crippen molar-refractivity contribution in [3.05, 3.63) is 114 Å². The van der Waals surface area contributed by atoms with Gasteiger partial charge < -0.3 is 4.98 Å². The normalized spacial score (nSPS) is 11.2. The highest BCUT2D eigenvalue weighted by atomic mass is 16.1. The lowest BCUT2D eigenvalue weighted by atomic mass is 9.88. The molecule has 37 heavy (non-hydrogen) atoms. The van der Waals surface area contributed by atoms with Crippen molar-refractivity contribution in [3.63, 3.8) is 0 Å². The number of Topliss-reactive ketones (excluding diaryl/α,β-unsaturated/α-hetero) is 2. The number of hydrogen-bond donors (Lipinski definition) is 1. The molecule has 2 aromatic heterocycles. The quantitative estimate of drug-likeness (QED) is 0.253. The number of carbonyl (C=O) groups is 2. The maximum absolute atomic E-state index is 11.9. The van der Waals surface area contributed by atoms with Gasteiger partial charge in [-0.3, -0.25) is 14.6 Å². The van der Waals surface area contributed by atoms with Gasteiger partial charge in [0.15, 0.2) is 11.6 Å². The largest absolute Gasteiger partial charge is 0.353 e. The van der Waals surface area contributed by atoms with Crippen LogP contribution in [0.2, 0.25) is 0 Å². The fourth-order valence-electron chi connectivity index (χ4n) is 5.02. The van der Waals surface area contributed by atoms with Gasteiger partial charge in [-0.05, 0) is 48.2 Å². The Morgan fingerprint density at radius 1 is 0.622 bits per heavy atom. The number of nitrogens with one attached hydrogen (secondary N) is 1. The molecule has 2 heterocycles. The first-order chi connectivity index (χ1) is 18.0. The summed E-state index contributed by atoms with van der Waals surface area (Å²) in [4.78, 5) is 32.3. The Hall–Kier alpha value is -4.83. The van der Waals surface area contributed by atoms with Gasteiger partial charge in [0, 0.05) is 39.2 Å². The second-order valence-corrected chi connectivity index (χ2v) is 9.25. The molecule has 178 valence electrons. The van der Waals surface area contributed by atoms with Crippen LogP contribution in [-0.2, 0) is 0 Å². The van der Waals surface area contributed by atoms with Crippen LogP contribution in [0.4, 0.5) is 0 Å². The number of ketones is 2. The summed E-state index contributed by atoms with van der Waals surface area (Å²) in [5.74, 6) is 0.0752. The number of aromatic amines is 1. The summed E-state index contributed by atoms with van der Waals surface area (Å²) in [6.07, 6.45) is 1.86. The van der Waals surface area contributed by atoms with Crippen molar-refractivity contribution < 1.29 is 9.59 Å². The second kappa shape index (κ2) is 8.99. The van der Waals surface area contributed by atoms with E-state index in [1.54, 1.807) is 13.8 Å². The third-order valence-corrected chi connectivity index (χ3v) is 6.93. The lowest BCUT2D eigenvalue weighted by molar-refractivity contribution is 0.100. The average Bonchev–Trinajstić information content (AvgIpc) is 3.32. The fraction of sp³-hybridized carbons (Fsp3) is 0.0606. The molecule has 0 fully saturated rings. The molecule has 4 heteroatoms. The molecular formula is C33H24N2O2. The number of aromatic nitrogens is 2. The van der Waals surface area contributed by atoms with E-state index in [1.807, 2.05) is 79.0 Å². The Morgan fingerprint density at radius 3 is 1.76 bits per heavy atom. The van der Waals surface area contributed by atoms with Crippen LogP contribution in [0.5, 0.6) is 0 Å². The molecule has 6 rings (SSSR count). The highest BCUT2D eigenvalue weighted by Crippen LogP contribution is 2.42. The van der Waals surface area contributed by atoms with Crippen molar-refractivity contribution in [2.24, 2.45) is 0 Å². The van der Waals surface area contributed by atoms with Crippen molar-refractivity contribution in [1.29, 1.82) is 0 Å². The van der Waals surface area contributed by atoms with Gasteiger partial charge >= 0.3 is 0 Å². The molecule has 0 unspecified atom stereocenters. The van der Waals surface area contributed by atoms with E-state index in [1.165, 1.54) is 0 Å². The minimum Gasteiger partial charge on any atom is -0.353 e. The van der Waals surface area contributed by atoms with Crippen LogP contribution in [0.25, 0.3) is 55.3 Å². The summed E-state index contributed by atoms with van der Waals surface area (Å²) < 4.78 is 0. The Balaban J connectivity index is 1.66. The van der Waals surface area contributed by atoms with Crippen LogP contribution in [0.15, 0.2) is 103 Å². The van der Waals surface area contributed by atoms with Crippen LogP contribution in [-0.4, -0.2) is 21.5 Å². The summed E-state index contributed by atoms with van der Waals surface area (Å²) >= 11 is 0. The first-order valence-corrected chi connectivity index (χ1v) is 12.2. The van der Waals surface area contributed by atoms with Gasteiger partial charge in [-0.15, -0.1) is 0 Å².